The zero-order valence-corrected chi connectivity index (χ0v) is 20.8. The van der Waals surface area contributed by atoms with E-state index in [0.29, 0.717) is 0 Å². The molecule has 12 nitrogen and oxygen atoms in total. The second-order valence-electron chi connectivity index (χ2n) is 9.64. The van der Waals surface area contributed by atoms with Gasteiger partial charge in [0.2, 0.25) is 5.91 Å². The lowest BCUT2D eigenvalue weighted by atomic mass is 9.88. The van der Waals surface area contributed by atoms with Crippen LogP contribution in [0.3, 0.4) is 0 Å². The molecule has 2 aromatic heterocycles. The van der Waals surface area contributed by atoms with Crippen LogP contribution in [0.5, 0.6) is 0 Å². The molecule has 0 radical (unpaired) electrons. The minimum absolute atomic E-state index is 0.0562. The minimum Gasteiger partial charge on any atom is -0.411 e. The van der Waals surface area contributed by atoms with Crippen molar-refractivity contribution in [3.05, 3.63) is 46.1 Å². The van der Waals surface area contributed by atoms with Gasteiger partial charge in [-0.15, -0.1) is 5.10 Å². The van der Waals surface area contributed by atoms with Gasteiger partial charge in [-0.2, -0.15) is 4.39 Å². The summed E-state index contributed by atoms with van der Waals surface area (Å²) in [7, 11) is 1.35. The normalized spacial score (nSPS) is 17.2. The van der Waals surface area contributed by atoms with Crippen LogP contribution in [-0.4, -0.2) is 63.0 Å². The van der Waals surface area contributed by atoms with Crippen LogP contribution in [0.4, 0.5) is 14.5 Å². The minimum atomic E-state index is -1.07. The van der Waals surface area contributed by atoms with Crippen LogP contribution in [0, 0.1) is 34.9 Å². The fraction of sp³-hybridized carbons (Fsp3) is 0.500. The van der Waals surface area contributed by atoms with E-state index < -0.39 is 46.9 Å². The van der Waals surface area contributed by atoms with Crippen LogP contribution in [0.1, 0.15) is 44.2 Å². The number of aromatic amines is 1. The van der Waals surface area contributed by atoms with E-state index in [9.17, 15) is 23.2 Å². The molecule has 0 spiro atoms. The van der Waals surface area contributed by atoms with Gasteiger partial charge in [0.05, 0.1) is 12.8 Å². The first-order valence-electron chi connectivity index (χ1n) is 12.2. The predicted octanol–water partition coefficient (Wildman–Crippen LogP) is 1.81. The van der Waals surface area contributed by atoms with Crippen molar-refractivity contribution in [2.75, 3.05) is 19.0 Å². The third kappa shape index (κ3) is 5.96. The Morgan fingerprint density at radius 1 is 1.32 bits per heavy atom. The van der Waals surface area contributed by atoms with Gasteiger partial charge in [-0.1, -0.05) is 5.16 Å². The van der Waals surface area contributed by atoms with E-state index in [2.05, 4.69) is 25.9 Å². The number of amides is 2. The number of hydrogen-bond donors (Lipinski definition) is 5. The molecule has 1 unspecified atom stereocenters. The van der Waals surface area contributed by atoms with Crippen molar-refractivity contribution in [3.8, 4) is 0 Å². The highest BCUT2D eigenvalue weighted by molar-refractivity contribution is 6.65. The quantitative estimate of drug-likeness (QED) is 0.158. The van der Waals surface area contributed by atoms with Gasteiger partial charge in [0.25, 0.3) is 17.4 Å². The number of halogens is 2. The van der Waals surface area contributed by atoms with Crippen LogP contribution < -0.4 is 16.2 Å². The van der Waals surface area contributed by atoms with E-state index in [1.54, 1.807) is 0 Å². The van der Waals surface area contributed by atoms with Gasteiger partial charge in [-0.05, 0) is 56.4 Å². The summed E-state index contributed by atoms with van der Waals surface area (Å²) >= 11 is 0. The Balaban J connectivity index is 1.60. The largest absolute Gasteiger partial charge is 0.411 e. The van der Waals surface area contributed by atoms with E-state index in [1.807, 2.05) is 0 Å². The number of carbonyl (C=O) groups excluding carboxylic acids is 2. The number of H-pyrrole nitrogens is 1. The lowest BCUT2D eigenvalue weighted by Crippen LogP contribution is -2.52. The summed E-state index contributed by atoms with van der Waals surface area (Å²) in [6.45, 7) is 1.14. The van der Waals surface area contributed by atoms with E-state index in [0.717, 1.165) is 48.8 Å². The third-order valence-electron chi connectivity index (χ3n) is 6.87. The molecule has 38 heavy (non-hydrogen) atoms. The number of anilines is 1. The Bertz CT molecular complexity index is 1300. The van der Waals surface area contributed by atoms with Gasteiger partial charge >= 0.3 is 0 Å². The van der Waals surface area contributed by atoms with Crippen molar-refractivity contribution in [2.45, 2.75) is 44.7 Å². The Kier molecular flexibility index (Phi) is 7.99. The fourth-order valence-corrected chi connectivity index (χ4v) is 4.67. The Morgan fingerprint density at radius 2 is 1.97 bits per heavy atom. The number of methoxy groups -OCH3 is 1. The van der Waals surface area contributed by atoms with Crippen LogP contribution in [0.25, 0.3) is 0 Å². The summed E-state index contributed by atoms with van der Waals surface area (Å²) in [5, 5.41) is 28.5. The number of carbonyl (C=O) groups is 2. The predicted molar refractivity (Wildman–Crippen MR) is 131 cm³/mol. The molecular weight excluding hydrogens is 504 g/mol. The maximum absolute atomic E-state index is 14.9. The number of hydrogen-bond acceptors (Lipinski definition) is 8. The number of pyridine rings is 1. The van der Waals surface area contributed by atoms with E-state index in [1.165, 1.54) is 14.0 Å². The van der Waals surface area contributed by atoms with E-state index in [-0.39, 0.29) is 41.3 Å². The maximum Gasteiger partial charge on any atom is 0.271 e. The van der Waals surface area contributed by atoms with Gasteiger partial charge in [-0.25, -0.2) is 4.39 Å². The molecule has 0 aromatic carbocycles. The summed E-state index contributed by atoms with van der Waals surface area (Å²) < 4.78 is 34.9. The molecule has 14 heteroatoms. The lowest BCUT2D eigenvalue weighted by Gasteiger charge is -2.27. The number of aromatic nitrogens is 3. The number of ether oxygens (including phenoxy) is 1. The summed E-state index contributed by atoms with van der Waals surface area (Å²) in [6, 6.07) is -1.08. The van der Waals surface area contributed by atoms with Gasteiger partial charge in [0.1, 0.15) is 35.0 Å². The fourth-order valence-electron chi connectivity index (χ4n) is 4.67. The topological polar surface area (TPSA) is 175 Å². The second-order valence-corrected chi connectivity index (χ2v) is 9.64. The molecule has 2 saturated carbocycles. The van der Waals surface area contributed by atoms with Crippen molar-refractivity contribution in [1.29, 1.82) is 5.41 Å². The second kappa shape index (κ2) is 11.2. The highest BCUT2D eigenvalue weighted by Crippen LogP contribution is 2.50. The number of nitrogens with zero attached hydrogens (tertiary/aromatic N) is 3. The number of rotatable bonds is 12. The SMILES string of the molecule is COCC(c1cc(F)c[nH]c1=O)n1cc(NC(=O)[C@@H](NC(=O)C(=N)/C(C)=N\O)C(C2CC2)C2CC2)c(F)n1. The number of oxime groups is 1. The first kappa shape index (κ1) is 27.1. The first-order chi connectivity index (χ1) is 18.1. The molecule has 204 valence electrons. The molecule has 2 aliphatic carbocycles. The highest BCUT2D eigenvalue weighted by Gasteiger charge is 2.48. The lowest BCUT2D eigenvalue weighted by molar-refractivity contribution is -0.124. The van der Waals surface area contributed by atoms with Crippen molar-refractivity contribution in [1.82, 2.24) is 20.1 Å². The number of nitrogens with one attached hydrogen (secondary N) is 4. The van der Waals surface area contributed by atoms with Crippen molar-refractivity contribution in [2.24, 2.45) is 22.9 Å². The van der Waals surface area contributed by atoms with Gasteiger partial charge < -0.3 is 25.6 Å². The van der Waals surface area contributed by atoms with Gasteiger partial charge in [-0.3, -0.25) is 24.5 Å². The van der Waals surface area contributed by atoms with E-state index >= 15 is 0 Å². The highest BCUT2D eigenvalue weighted by atomic mass is 19.1. The molecule has 2 fully saturated rings. The summed E-state index contributed by atoms with van der Waals surface area (Å²) in [5.41, 5.74) is -1.80. The smallest absolute Gasteiger partial charge is 0.271 e. The molecule has 2 amide bonds. The first-order valence-corrected chi connectivity index (χ1v) is 12.2. The van der Waals surface area contributed by atoms with Crippen molar-refractivity contribution < 1.29 is 28.3 Å². The monoisotopic (exact) mass is 533 g/mol. The zero-order valence-electron chi connectivity index (χ0n) is 20.8. The molecular formula is C24H29F2N7O5. The molecule has 0 saturated heterocycles. The van der Waals surface area contributed by atoms with Crippen molar-refractivity contribution >= 4 is 28.9 Å². The standard InChI is InChI=1S/C24H29F2N7O5/c1-11(32-37)19(27)23(35)30-20(18(12-3-4-12)13-5-6-13)24(36)29-16-9-33(31-21(16)26)17(10-38-2)15-7-14(25)8-28-22(15)34/h7-9,12-13,17-18,20,27,37H,3-6,10H2,1-2H3,(H,28,34)(H,29,36)(H,30,35)/b27-19?,32-11-/t17?,20-/m0/s1. The average molecular weight is 534 g/mol. The zero-order chi connectivity index (χ0) is 27.6. The van der Waals surface area contributed by atoms with Gasteiger partial charge in [0, 0.05) is 18.9 Å². The molecule has 0 aliphatic heterocycles. The van der Waals surface area contributed by atoms with Crippen LogP contribution in [-0.2, 0) is 14.3 Å². The molecule has 2 aliphatic rings. The average Bonchev–Trinajstić information content (AvgIpc) is 3.83. The molecule has 2 heterocycles. The van der Waals surface area contributed by atoms with Gasteiger partial charge in [0.15, 0.2) is 0 Å². The molecule has 4 rings (SSSR count). The third-order valence-corrected chi connectivity index (χ3v) is 6.87. The van der Waals surface area contributed by atoms with Crippen LogP contribution in [0.2, 0.25) is 0 Å². The molecule has 2 aromatic rings. The molecule has 2 atom stereocenters. The van der Waals surface area contributed by atoms with Crippen LogP contribution >= 0.6 is 0 Å². The summed E-state index contributed by atoms with van der Waals surface area (Å²) in [5.74, 6) is -3.14. The summed E-state index contributed by atoms with van der Waals surface area (Å²) in [4.78, 5) is 40.7. The Labute approximate surface area is 216 Å². The Morgan fingerprint density at radius 3 is 2.55 bits per heavy atom. The Hall–Kier alpha value is -3.94. The maximum atomic E-state index is 14.9. The molecule has 5 N–H and O–H groups in total. The summed E-state index contributed by atoms with van der Waals surface area (Å²) in [6.07, 6.45) is 5.62. The molecule has 0 bridgehead atoms. The van der Waals surface area contributed by atoms with E-state index in [4.69, 9.17) is 15.4 Å². The van der Waals surface area contributed by atoms with Crippen LogP contribution in [0.15, 0.2) is 28.4 Å². The van der Waals surface area contributed by atoms with Crippen molar-refractivity contribution in [3.63, 3.8) is 0 Å².